The molecule has 1 aliphatic carbocycles. The van der Waals surface area contributed by atoms with E-state index in [0.29, 0.717) is 22.1 Å². The first kappa shape index (κ1) is 12.2. The van der Waals surface area contributed by atoms with E-state index >= 15 is 0 Å². The van der Waals surface area contributed by atoms with Gasteiger partial charge in [0, 0.05) is 34.0 Å². The van der Waals surface area contributed by atoms with Crippen LogP contribution in [0.3, 0.4) is 0 Å². The van der Waals surface area contributed by atoms with Gasteiger partial charge in [0.05, 0.1) is 5.56 Å². The molecule has 1 aromatic carbocycles. The lowest BCUT2D eigenvalue weighted by Crippen LogP contribution is -2.03. The SMILES string of the molecule is O=C(O)c1cc(C2CC2)ncc1-c1ccccc1Cl. The summed E-state index contributed by atoms with van der Waals surface area (Å²) in [6.07, 6.45) is 3.81. The van der Waals surface area contributed by atoms with E-state index in [0.717, 1.165) is 18.5 Å². The van der Waals surface area contributed by atoms with E-state index in [1.54, 1.807) is 18.3 Å². The quantitative estimate of drug-likeness (QED) is 0.920. The van der Waals surface area contributed by atoms with Gasteiger partial charge in [-0.2, -0.15) is 0 Å². The molecule has 1 saturated carbocycles. The highest BCUT2D eigenvalue weighted by Crippen LogP contribution is 2.40. The van der Waals surface area contributed by atoms with Crippen molar-refractivity contribution in [2.75, 3.05) is 0 Å². The molecule has 0 aliphatic heterocycles. The molecular formula is C15H12ClNO2. The minimum Gasteiger partial charge on any atom is -0.478 e. The fraction of sp³-hybridized carbons (Fsp3) is 0.200. The van der Waals surface area contributed by atoms with Crippen LogP contribution in [0.1, 0.15) is 34.8 Å². The first-order valence-corrected chi connectivity index (χ1v) is 6.53. The Morgan fingerprint density at radius 3 is 2.63 bits per heavy atom. The van der Waals surface area contributed by atoms with Crippen LogP contribution in [-0.2, 0) is 0 Å². The van der Waals surface area contributed by atoms with Crippen molar-refractivity contribution >= 4 is 17.6 Å². The van der Waals surface area contributed by atoms with Gasteiger partial charge in [-0.1, -0.05) is 29.8 Å². The summed E-state index contributed by atoms with van der Waals surface area (Å²) in [7, 11) is 0. The Morgan fingerprint density at radius 1 is 1.26 bits per heavy atom. The van der Waals surface area contributed by atoms with E-state index < -0.39 is 5.97 Å². The highest BCUT2D eigenvalue weighted by molar-refractivity contribution is 6.33. The monoisotopic (exact) mass is 273 g/mol. The summed E-state index contributed by atoms with van der Waals surface area (Å²) in [6, 6.07) is 8.89. The van der Waals surface area contributed by atoms with Gasteiger partial charge in [-0.25, -0.2) is 4.79 Å². The Bertz CT molecular complexity index is 650. The summed E-state index contributed by atoms with van der Waals surface area (Å²) in [5.74, 6) is -0.516. The summed E-state index contributed by atoms with van der Waals surface area (Å²) in [6.45, 7) is 0. The highest BCUT2D eigenvalue weighted by Gasteiger charge is 2.27. The van der Waals surface area contributed by atoms with Crippen molar-refractivity contribution in [1.29, 1.82) is 0 Å². The predicted molar refractivity (Wildman–Crippen MR) is 73.6 cm³/mol. The predicted octanol–water partition coefficient (Wildman–Crippen LogP) is 3.98. The lowest BCUT2D eigenvalue weighted by Gasteiger charge is -2.09. The van der Waals surface area contributed by atoms with Crippen molar-refractivity contribution < 1.29 is 9.90 Å². The van der Waals surface area contributed by atoms with E-state index in [1.165, 1.54) is 0 Å². The Hall–Kier alpha value is -1.87. The maximum atomic E-state index is 11.4. The molecule has 1 aromatic heterocycles. The van der Waals surface area contributed by atoms with E-state index in [2.05, 4.69) is 4.98 Å². The van der Waals surface area contributed by atoms with E-state index in [-0.39, 0.29) is 5.56 Å². The third kappa shape index (κ3) is 2.34. The number of hydrogen-bond donors (Lipinski definition) is 1. The molecule has 96 valence electrons. The Balaban J connectivity index is 2.15. The number of aromatic nitrogens is 1. The van der Waals surface area contributed by atoms with Gasteiger partial charge in [-0.15, -0.1) is 0 Å². The van der Waals surface area contributed by atoms with Crippen LogP contribution in [-0.4, -0.2) is 16.1 Å². The van der Waals surface area contributed by atoms with Crippen molar-refractivity contribution in [2.24, 2.45) is 0 Å². The maximum absolute atomic E-state index is 11.4. The number of rotatable bonds is 3. The number of carboxylic acid groups (broad SMARTS) is 1. The van der Waals surface area contributed by atoms with Gasteiger partial charge in [0.2, 0.25) is 0 Å². The summed E-state index contributed by atoms with van der Waals surface area (Å²) < 4.78 is 0. The third-order valence-corrected chi connectivity index (χ3v) is 3.64. The van der Waals surface area contributed by atoms with Gasteiger partial charge in [0.1, 0.15) is 0 Å². The molecule has 1 heterocycles. The molecule has 0 atom stereocenters. The molecule has 19 heavy (non-hydrogen) atoms. The highest BCUT2D eigenvalue weighted by atomic mass is 35.5. The zero-order chi connectivity index (χ0) is 13.4. The molecule has 1 aliphatic rings. The normalized spacial score (nSPS) is 14.4. The van der Waals surface area contributed by atoms with Crippen molar-refractivity contribution in [3.05, 3.63) is 52.8 Å². The molecule has 0 saturated heterocycles. The molecule has 2 aromatic rings. The summed E-state index contributed by atoms with van der Waals surface area (Å²) in [5, 5.41) is 9.91. The minimum absolute atomic E-state index is 0.269. The average molecular weight is 274 g/mol. The molecule has 3 nitrogen and oxygen atoms in total. The summed E-state index contributed by atoms with van der Waals surface area (Å²) in [4.78, 5) is 15.8. The van der Waals surface area contributed by atoms with Crippen LogP contribution < -0.4 is 0 Å². The smallest absolute Gasteiger partial charge is 0.336 e. The number of carbonyl (C=O) groups is 1. The van der Waals surface area contributed by atoms with Crippen LogP contribution in [0, 0.1) is 0 Å². The number of pyridine rings is 1. The van der Waals surface area contributed by atoms with Crippen LogP contribution in [0.5, 0.6) is 0 Å². The largest absolute Gasteiger partial charge is 0.478 e. The summed E-state index contributed by atoms with van der Waals surface area (Å²) >= 11 is 6.13. The molecule has 1 fully saturated rings. The van der Waals surface area contributed by atoms with E-state index in [4.69, 9.17) is 11.6 Å². The minimum atomic E-state index is -0.945. The molecule has 0 amide bonds. The topological polar surface area (TPSA) is 50.2 Å². The number of hydrogen-bond acceptors (Lipinski definition) is 2. The first-order chi connectivity index (χ1) is 9.16. The maximum Gasteiger partial charge on any atom is 0.336 e. The molecule has 4 heteroatoms. The average Bonchev–Trinajstić information content (AvgIpc) is 3.23. The van der Waals surface area contributed by atoms with E-state index in [9.17, 15) is 9.90 Å². The van der Waals surface area contributed by atoms with Gasteiger partial charge >= 0.3 is 5.97 Å². The fourth-order valence-corrected chi connectivity index (χ4v) is 2.38. The number of carboxylic acids is 1. The number of nitrogens with zero attached hydrogens (tertiary/aromatic N) is 1. The van der Waals surface area contributed by atoms with Crippen LogP contribution in [0.2, 0.25) is 5.02 Å². The Kier molecular flexibility index (Phi) is 2.99. The van der Waals surface area contributed by atoms with Crippen molar-refractivity contribution in [3.63, 3.8) is 0 Å². The van der Waals surface area contributed by atoms with Gasteiger partial charge in [0.25, 0.3) is 0 Å². The molecule has 1 N–H and O–H groups in total. The molecule has 0 unspecified atom stereocenters. The van der Waals surface area contributed by atoms with Gasteiger partial charge in [-0.05, 0) is 25.0 Å². The van der Waals surface area contributed by atoms with Crippen molar-refractivity contribution in [2.45, 2.75) is 18.8 Å². The second-order valence-corrected chi connectivity index (χ2v) is 5.12. The van der Waals surface area contributed by atoms with Gasteiger partial charge < -0.3 is 5.11 Å². The van der Waals surface area contributed by atoms with Crippen molar-refractivity contribution in [3.8, 4) is 11.1 Å². The Morgan fingerprint density at radius 2 is 2.00 bits per heavy atom. The second-order valence-electron chi connectivity index (χ2n) is 4.71. The Labute approximate surface area is 115 Å². The van der Waals surface area contributed by atoms with Crippen LogP contribution in [0.25, 0.3) is 11.1 Å². The molecule has 0 bridgehead atoms. The zero-order valence-electron chi connectivity index (χ0n) is 10.1. The van der Waals surface area contributed by atoms with Gasteiger partial charge in [0.15, 0.2) is 0 Å². The second kappa shape index (κ2) is 4.67. The lowest BCUT2D eigenvalue weighted by atomic mass is 10.0. The number of aromatic carboxylic acids is 1. The van der Waals surface area contributed by atoms with Gasteiger partial charge in [-0.3, -0.25) is 4.98 Å². The number of halogens is 1. The number of benzene rings is 1. The zero-order valence-corrected chi connectivity index (χ0v) is 10.9. The lowest BCUT2D eigenvalue weighted by molar-refractivity contribution is 0.0697. The van der Waals surface area contributed by atoms with Crippen LogP contribution in [0.15, 0.2) is 36.5 Å². The third-order valence-electron chi connectivity index (χ3n) is 3.32. The van der Waals surface area contributed by atoms with Crippen LogP contribution in [0.4, 0.5) is 0 Å². The molecule has 0 spiro atoms. The van der Waals surface area contributed by atoms with Crippen molar-refractivity contribution in [1.82, 2.24) is 4.98 Å². The molecular weight excluding hydrogens is 262 g/mol. The molecule has 0 radical (unpaired) electrons. The fourth-order valence-electron chi connectivity index (χ4n) is 2.15. The van der Waals surface area contributed by atoms with E-state index in [1.807, 2.05) is 18.2 Å². The molecule has 3 rings (SSSR count). The standard InChI is InChI=1S/C15H12ClNO2/c16-13-4-2-1-3-10(13)12-8-17-14(9-5-6-9)7-11(12)15(18)19/h1-4,7-9H,5-6H2,(H,18,19). The first-order valence-electron chi connectivity index (χ1n) is 6.15. The van der Waals surface area contributed by atoms with Crippen LogP contribution >= 0.6 is 11.6 Å². The summed E-state index contributed by atoms with van der Waals surface area (Å²) in [5.41, 5.74) is 2.41.